The van der Waals surface area contributed by atoms with Crippen molar-refractivity contribution in [1.29, 1.82) is 0 Å². The highest BCUT2D eigenvalue weighted by atomic mass is 32.2. The minimum Gasteiger partial charge on any atom is -0.322 e. The molecule has 0 atom stereocenters. The average molecular weight is 481 g/mol. The molecule has 170 valence electrons. The van der Waals surface area contributed by atoms with Gasteiger partial charge in [0.05, 0.1) is 4.90 Å². The van der Waals surface area contributed by atoms with Crippen LogP contribution in [0.15, 0.2) is 69.7 Å². The molecule has 2 heterocycles. The third kappa shape index (κ3) is 4.83. The fourth-order valence-electron chi connectivity index (χ4n) is 3.85. The van der Waals surface area contributed by atoms with Gasteiger partial charge in [-0.05, 0) is 67.6 Å². The number of benzene rings is 2. The highest BCUT2D eigenvalue weighted by molar-refractivity contribution is 7.89. The van der Waals surface area contributed by atoms with Crippen molar-refractivity contribution in [3.05, 3.63) is 97.5 Å². The molecule has 0 bridgehead atoms. The molecule has 0 aliphatic carbocycles. The van der Waals surface area contributed by atoms with Crippen LogP contribution in [-0.2, 0) is 23.1 Å². The van der Waals surface area contributed by atoms with Crippen LogP contribution in [0.4, 0.5) is 0 Å². The number of hydrogen-bond donors (Lipinski definition) is 1. The SMILES string of the molecule is CC(=O)c1cccc(S(=O)(=O)N(Cc2cccs2)Cc2cc3c(C)cc(C)cc3[nH]c2=O)c1. The van der Waals surface area contributed by atoms with Gasteiger partial charge in [-0.15, -0.1) is 11.3 Å². The molecule has 4 rings (SSSR count). The number of nitrogens with one attached hydrogen (secondary N) is 1. The lowest BCUT2D eigenvalue weighted by Gasteiger charge is -2.22. The summed E-state index contributed by atoms with van der Waals surface area (Å²) in [4.78, 5) is 28.5. The van der Waals surface area contributed by atoms with Crippen molar-refractivity contribution >= 4 is 38.0 Å². The largest absolute Gasteiger partial charge is 0.322 e. The summed E-state index contributed by atoms with van der Waals surface area (Å²) in [6.45, 7) is 5.35. The molecule has 8 heteroatoms. The summed E-state index contributed by atoms with van der Waals surface area (Å²) in [7, 11) is -3.98. The van der Waals surface area contributed by atoms with Crippen LogP contribution in [0.3, 0.4) is 0 Å². The number of Topliss-reactive ketones (excluding diaryl/α,β-unsaturated/α-hetero) is 1. The molecule has 33 heavy (non-hydrogen) atoms. The van der Waals surface area contributed by atoms with Gasteiger partial charge in [-0.3, -0.25) is 9.59 Å². The monoisotopic (exact) mass is 480 g/mol. The Morgan fingerprint density at radius 2 is 1.82 bits per heavy atom. The number of aromatic amines is 1. The van der Waals surface area contributed by atoms with E-state index in [1.807, 2.05) is 43.5 Å². The molecule has 4 aromatic rings. The Kier molecular flexibility index (Phi) is 6.34. The zero-order valence-corrected chi connectivity index (χ0v) is 20.2. The lowest BCUT2D eigenvalue weighted by atomic mass is 10.0. The number of sulfonamides is 1. The second-order valence-electron chi connectivity index (χ2n) is 8.10. The maximum atomic E-state index is 13.6. The van der Waals surface area contributed by atoms with E-state index in [2.05, 4.69) is 4.98 Å². The van der Waals surface area contributed by atoms with Gasteiger partial charge in [0, 0.05) is 40.0 Å². The summed E-state index contributed by atoms with van der Waals surface area (Å²) < 4.78 is 28.6. The molecule has 0 aliphatic heterocycles. The molecule has 2 aromatic heterocycles. The lowest BCUT2D eigenvalue weighted by molar-refractivity contribution is 0.101. The van der Waals surface area contributed by atoms with E-state index >= 15 is 0 Å². The minimum atomic E-state index is -3.98. The topological polar surface area (TPSA) is 87.3 Å². The highest BCUT2D eigenvalue weighted by Crippen LogP contribution is 2.25. The molecule has 0 fully saturated rings. The van der Waals surface area contributed by atoms with Gasteiger partial charge in [0.1, 0.15) is 0 Å². The van der Waals surface area contributed by atoms with Gasteiger partial charge >= 0.3 is 0 Å². The van der Waals surface area contributed by atoms with E-state index in [-0.39, 0.29) is 29.3 Å². The Hall–Kier alpha value is -3.07. The number of fused-ring (bicyclic) bond motifs is 1. The third-order valence-electron chi connectivity index (χ3n) is 5.53. The van der Waals surface area contributed by atoms with Crippen LogP contribution < -0.4 is 5.56 Å². The Bertz CT molecular complexity index is 1500. The lowest BCUT2D eigenvalue weighted by Crippen LogP contribution is -2.32. The highest BCUT2D eigenvalue weighted by Gasteiger charge is 2.27. The Morgan fingerprint density at radius 1 is 1.03 bits per heavy atom. The van der Waals surface area contributed by atoms with Gasteiger partial charge in [-0.2, -0.15) is 4.31 Å². The van der Waals surface area contributed by atoms with Crippen molar-refractivity contribution in [2.45, 2.75) is 38.8 Å². The van der Waals surface area contributed by atoms with E-state index in [1.54, 1.807) is 18.2 Å². The van der Waals surface area contributed by atoms with E-state index in [0.29, 0.717) is 11.1 Å². The van der Waals surface area contributed by atoms with E-state index in [4.69, 9.17) is 0 Å². The van der Waals surface area contributed by atoms with E-state index in [9.17, 15) is 18.0 Å². The van der Waals surface area contributed by atoms with Crippen molar-refractivity contribution in [2.24, 2.45) is 0 Å². The average Bonchev–Trinajstić information content (AvgIpc) is 3.27. The maximum Gasteiger partial charge on any atom is 0.252 e. The first-order chi connectivity index (χ1) is 15.6. The van der Waals surface area contributed by atoms with Crippen LogP contribution in [-0.4, -0.2) is 23.5 Å². The minimum absolute atomic E-state index is 0.0239. The Labute approximate surface area is 196 Å². The second kappa shape index (κ2) is 9.05. The van der Waals surface area contributed by atoms with Gasteiger partial charge in [0.2, 0.25) is 10.0 Å². The predicted molar refractivity (Wildman–Crippen MR) is 131 cm³/mol. The first-order valence-corrected chi connectivity index (χ1v) is 12.7. The summed E-state index contributed by atoms with van der Waals surface area (Å²) in [5.74, 6) is -0.214. The number of thiophene rings is 1. The number of rotatable bonds is 7. The number of H-pyrrole nitrogens is 1. The van der Waals surface area contributed by atoms with Gasteiger partial charge < -0.3 is 4.98 Å². The number of aryl methyl sites for hydroxylation is 2. The van der Waals surface area contributed by atoms with Gasteiger partial charge in [0.15, 0.2) is 5.78 Å². The van der Waals surface area contributed by atoms with Crippen molar-refractivity contribution < 1.29 is 13.2 Å². The molecule has 1 N–H and O–H groups in total. The summed E-state index contributed by atoms with van der Waals surface area (Å²) in [6.07, 6.45) is 0. The zero-order valence-electron chi connectivity index (χ0n) is 18.6. The number of ketones is 1. The number of hydrogen-bond acceptors (Lipinski definition) is 5. The molecule has 0 saturated carbocycles. The first kappa shape index (κ1) is 23.1. The fourth-order valence-corrected chi connectivity index (χ4v) is 6.09. The summed E-state index contributed by atoms with van der Waals surface area (Å²) in [6, 6.07) is 15.4. The van der Waals surface area contributed by atoms with Gasteiger partial charge in [0.25, 0.3) is 5.56 Å². The van der Waals surface area contributed by atoms with E-state index < -0.39 is 10.0 Å². The van der Waals surface area contributed by atoms with Crippen molar-refractivity contribution in [3.63, 3.8) is 0 Å². The Balaban J connectivity index is 1.80. The molecular weight excluding hydrogens is 456 g/mol. The number of aromatic nitrogens is 1. The van der Waals surface area contributed by atoms with Crippen molar-refractivity contribution in [3.8, 4) is 0 Å². The number of nitrogens with zero attached hydrogens (tertiary/aromatic N) is 1. The summed E-state index contributed by atoms with van der Waals surface area (Å²) in [5, 5.41) is 2.76. The number of pyridine rings is 1. The molecule has 0 saturated heterocycles. The van der Waals surface area contributed by atoms with Crippen LogP contribution >= 0.6 is 11.3 Å². The van der Waals surface area contributed by atoms with Gasteiger partial charge in [-0.1, -0.05) is 24.3 Å². The van der Waals surface area contributed by atoms with E-state index in [1.165, 1.54) is 34.7 Å². The van der Waals surface area contributed by atoms with Crippen LogP contribution in [0, 0.1) is 13.8 Å². The summed E-state index contributed by atoms with van der Waals surface area (Å²) in [5.41, 5.74) is 3.12. The van der Waals surface area contributed by atoms with Crippen LogP contribution in [0.5, 0.6) is 0 Å². The zero-order chi connectivity index (χ0) is 23.8. The Morgan fingerprint density at radius 3 is 2.52 bits per heavy atom. The standard InChI is InChI=1S/C25H24N2O4S2/c1-16-10-17(2)23-13-20(25(29)26-24(23)11-16)14-27(15-21-7-5-9-32-21)33(30,31)22-8-4-6-19(12-22)18(3)28/h4-13H,14-15H2,1-3H3,(H,26,29). The predicted octanol–water partition coefficient (Wildman–Crippen LogP) is 4.80. The van der Waals surface area contributed by atoms with Gasteiger partial charge in [-0.25, -0.2) is 8.42 Å². The molecule has 0 radical (unpaired) electrons. The van der Waals surface area contributed by atoms with Crippen LogP contribution in [0.25, 0.3) is 10.9 Å². The van der Waals surface area contributed by atoms with Crippen LogP contribution in [0.2, 0.25) is 0 Å². The molecule has 6 nitrogen and oxygen atoms in total. The normalized spacial score (nSPS) is 11.9. The molecule has 0 spiro atoms. The van der Waals surface area contributed by atoms with Crippen molar-refractivity contribution in [1.82, 2.24) is 9.29 Å². The maximum absolute atomic E-state index is 13.6. The summed E-state index contributed by atoms with van der Waals surface area (Å²) >= 11 is 1.45. The third-order valence-corrected chi connectivity index (χ3v) is 8.18. The van der Waals surface area contributed by atoms with Crippen LogP contribution in [0.1, 0.15) is 38.8 Å². The molecule has 0 amide bonds. The molecule has 2 aromatic carbocycles. The first-order valence-electron chi connectivity index (χ1n) is 10.4. The number of carbonyl (C=O) groups is 1. The smallest absolute Gasteiger partial charge is 0.252 e. The van der Waals surface area contributed by atoms with E-state index in [0.717, 1.165) is 26.9 Å². The molecule has 0 unspecified atom stereocenters. The number of carbonyl (C=O) groups excluding carboxylic acids is 1. The quantitative estimate of drug-likeness (QED) is 0.385. The molecular formula is C25H24N2O4S2. The fraction of sp³-hybridized carbons (Fsp3) is 0.200. The second-order valence-corrected chi connectivity index (χ2v) is 11.1. The molecule has 0 aliphatic rings. The van der Waals surface area contributed by atoms with Crippen molar-refractivity contribution in [2.75, 3.05) is 0 Å².